The monoisotopic (exact) mass is 394 g/mol. The molecule has 0 fully saturated rings. The molecule has 3 rings (SSSR count). The number of esters is 1. The van der Waals surface area contributed by atoms with Crippen molar-refractivity contribution >= 4 is 17.3 Å². The molecule has 1 heterocycles. The molecule has 3 aromatic rings. The number of pyridine rings is 1. The van der Waals surface area contributed by atoms with Crippen LogP contribution >= 0.6 is 0 Å². The molecule has 1 N–H and O–H groups in total. The molecule has 2 aromatic carbocycles. The van der Waals surface area contributed by atoms with Gasteiger partial charge in [-0.05, 0) is 62.7 Å². The molecule has 1 aromatic heterocycles. The highest BCUT2D eigenvalue weighted by Crippen LogP contribution is 2.30. The van der Waals surface area contributed by atoms with Crippen molar-refractivity contribution in [2.24, 2.45) is 0 Å². The number of hydrogen-bond donors (Lipinski definition) is 1. The van der Waals surface area contributed by atoms with Crippen LogP contribution in [-0.2, 0) is 4.74 Å². The van der Waals surface area contributed by atoms with Crippen LogP contribution < -0.4 is 10.1 Å². The van der Waals surface area contributed by atoms with Gasteiger partial charge in [0.15, 0.2) is 0 Å². The molecule has 29 heavy (non-hydrogen) atoms. The third-order valence-corrected chi connectivity index (χ3v) is 4.50. The normalized spacial score (nSPS) is 10.5. The minimum Gasteiger partial charge on any atom is -0.497 e. The maximum absolute atomic E-state index is 14.3. The Hall–Kier alpha value is -3.41. The zero-order valence-electron chi connectivity index (χ0n) is 16.9. The summed E-state index contributed by atoms with van der Waals surface area (Å²) < 4.78 is 24.6. The Balaban J connectivity index is 1.94. The molecule has 0 unspecified atom stereocenters. The average molecular weight is 394 g/mol. The summed E-state index contributed by atoms with van der Waals surface area (Å²) in [5.41, 5.74) is 4.46. The van der Waals surface area contributed by atoms with E-state index in [9.17, 15) is 9.18 Å². The maximum Gasteiger partial charge on any atom is 0.340 e. The van der Waals surface area contributed by atoms with E-state index in [0.29, 0.717) is 40.6 Å². The number of hydrogen-bond acceptors (Lipinski definition) is 5. The molecule has 5 nitrogen and oxygen atoms in total. The standard InChI is InChI=1S/C23H23FN2O3/c1-5-29-23(27)18-10-14(2)6-9-20(18)26-22-13-25-21(11-15(22)3)17-12-16(28-4)7-8-19(17)24/h6-13,26H,5H2,1-4H3. The zero-order chi connectivity index (χ0) is 21.0. The minimum absolute atomic E-state index is 0.299. The van der Waals surface area contributed by atoms with Crippen LogP contribution in [0.4, 0.5) is 15.8 Å². The lowest BCUT2D eigenvalue weighted by Crippen LogP contribution is -2.09. The quantitative estimate of drug-likeness (QED) is 0.565. The number of aromatic nitrogens is 1. The Labute approximate surface area is 169 Å². The van der Waals surface area contributed by atoms with Crippen molar-refractivity contribution in [3.8, 4) is 17.0 Å². The van der Waals surface area contributed by atoms with Crippen LogP contribution in [0.1, 0.15) is 28.4 Å². The smallest absolute Gasteiger partial charge is 0.340 e. The van der Waals surface area contributed by atoms with Crippen LogP contribution in [0, 0.1) is 19.7 Å². The Bertz CT molecular complexity index is 1050. The second-order valence-corrected chi connectivity index (χ2v) is 6.62. The summed E-state index contributed by atoms with van der Waals surface area (Å²) >= 11 is 0. The fourth-order valence-electron chi connectivity index (χ4n) is 2.95. The van der Waals surface area contributed by atoms with E-state index in [4.69, 9.17) is 9.47 Å². The lowest BCUT2D eigenvalue weighted by atomic mass is 10.1. The van der Waals surface area contributed by atoms with E-state index in [1.165, 1.54) is 13.2 Å². The number of halogens is 1. The molecule has 6 heteroatoms. The van der Waals surface area contributed by atoms with Crippen LogP contribution in [-0.4, -0.2) is 24.7 Å². The van der Waals surface area contributed by atoms with Gasteiger partial charge in [-0.15, -0.1) is 0 Å². The first kappa shape index (κ1) is 20.3. The first-order chi connectivity index (χ1) is 13.9. The van der Waals surface area contributed by atoms with Gasteiger partial charge in [0.2, 0.25) is 0 Å². The number of methoxy groups -OCH3 is 1. The second kappa shape index (κ2) is 8.73. The van der Waals surface area contributed by atoms with Crippen LogP contribution in [0.2, 0.25) is 0 Å². The third-order valence-electron chi connectivity index (χ3n) is 4.50. The second-order valence-electron chi connectivity index (χ2n) is 6.62. The fourth-order valence-corrected chi connectivity index (χ4v) is 2.95. The van der Waals surface area contributed by atoms with Crippen molar-refractivity contribution in [3.05, 3.63) is 71.2 Å². The predicted molar refractivity (Wildman–Crippen MR) is 111 cm³/mol. The highest BCUT2D eigenvalue weighted by atomic mass is 19.1. The molecule has 0 saturated heterocycles. The molecule has 0 spiro atoms. The third kappa shape index (κ3) is 4.54. The molecule has 0 amide bonds. The predicted octanol–water partition coefficient (Wildman–Crippen LogP) is 5.43. The number of rotatable bonds is 6. The summed E-state index contributed by atoms with van der Waals surface area (Å²) in [5, 5.41) is 3.24. The van der Waals surface area contributed by atoms with E-state index >= 15 is 0 Å². The number of nitrogens with one attached hydrogen (secondary N) is 1. The summed E-state index contributed by atoms with van der Waals surface area (Å²) in [6, 6.07) is 11.8. The SMILES string of the molecule is CCOC(=O)c1cc(C)ccc1Nc1cnc(-c2cc(OC)ccc2F)cc1C. The Morgan fingerprint density at radius 3 is 2.59 bits per heavy atom. The largest absolute Gasteiger partial charge is 0.497 e. The van der Waals surface area contributed by atoms with Crippen molar-refractivity contribution in [1.82, 2.24) is 4.98 Å². The number of benzene rings is 2. The van der Waals surface area contributed by atoms with Crippen molar-refractivity contribution in [1.29, 1.82) is 0 Å². The lowest BCUT2D eigenvalue weighted by Gasteiger charge is -2.15. The number of anilines is 2. The molecule has 0 radical (unpaired) electrons. The molecule has 0 aliphatic heterocycles. The van der Waals surface area contributed by atoms with Crippen LogP contribution in [0.15, 0.2) is 48.7 Å². The first-order valence-corrected chi connectivity index (χ1v) is 9.28. The van der Waals surface area contributed by atoms with E-state index < -0.39 is 0 Å². The summed E-state index contributed by atoms with van der Waals surface area (Å²) in [7, 11) is 1.53. The number of aryl methyl sites for hydroxylation is 2. The van der Waals surface area contributed by atoms with Gasteiger partial charge >= 0.3 is 5.97 Å². The van der Waals surface area contributed by atoms with Crippen molar-refractivity contribution in [2.45, 2.75) is 20.8 Å². The van der Waals surface area contributed by atoms with Crippen LogP contribution in [0.3, 0.4) is 0 Å². The highest BCUT2D eigenvalue weighted by Gasteiger charge is 2.15. The van der Waals surface area contributed by atoms with Gasteiger partial charge in [-0.3, -0.25) is 4.98 Å². The Kier molecular flexibility index (Phi) is 6.12. The summed E-state index contributed by atoms with van der Waals surface area (Å²) in [4.78, 5) is 16.7. The molecule has 0 bridgehead atoms. The molecule has 0 saturated carbocycles. The van der Waals surface area contributed by atoms with Gasteiger partial charge in [-0.25, -0.2) is 9.18 Å². The van der Waals surface area contributed by atoms with Gasteiger partial charge < -0.3 is 14.8 Å². The van der Waals surface area contributed by atoms with Crippen LogP contribution in [0.25, 0.3) is 11.3 Å². The Morgan fingerprint density at radius 2 is 1.90 bits per heavy atom. The number of nitrogens with zero attached hydrogens (tertiary/aromatic N) is 1. The Morgan fingerprint density at radius 1 is 1.10 bits per heavy atom. The fraction of sp³-hybridized carbons (Fsp3) is 0.217. The van der Waals surface area contributed by atoms with Crippen molar-refractivity contribution in [3.63, 3.8) is 0 Å². The lowest BCUT2D eigenvalue weighted by molar-refractivity contribution is 0.0527. The van der Waals surface area contributed by atoms with Gasteiger partial charge in [-0.2, -0.15) is 0 Å². The summed E-state index contributed by atoms with van der Waals surface area (Å²) in [6.45, 7) is 5.87. The van der Waals surface area contributed by atoms with Gasteiger partial charge in [0.1, 0.15) is 11.6 Å². The topological polar surface area (TPSA) is 60.5 Å². The van der Waals surface area contributed by atoms with E-state index in [2.05, 4.69) is 10.3 Å². The van der Waals surface area contributed by atoms with Gasteiger partial charge in [-0.1, -0.05) is 11.6 Å². The maximum atomic E-state index is 14.3. The average Bonchev–Trinajstić information content (AvgIpc) is 2.71. The van der Waals surface area contributed by atoms with E-state index in [1.54, 1.807) is 37.4 Å². The van der Waals surface area contributed by atoms with Gasteiger partial charge in [0.05, 0.1) is 42.5 Å². The molecule has 150 valence electrons. The van der Waals surface area contributed by atoms with Crippen molar-refractivity contribution in [2.75, 3.05) is 19.0 Å². The minimum atomic E-state index is -0.389. The molecular formula is C23H23FN2O3. The van der Waals surface area contributed by atoms with E-state index in [1.807, 2.05) is 26.0 Å². The van der Waals surface area contributed by atoms with Crippen LogP contribution in [0.5, 0.6) is 5.75 Å². The van der Waals surface area contributed by atoms with E-state index in [0.717, 1.165) is 11.1 Å². The van der Waals surface area contributed by atoms with Gasteiger partial charge in [0.25, 0.3) is 0 Å². The number of carbonyl (C=O) groups excluding carboxylic acids is 1. The molecular weight excluding hydrogens is 371 g/mol. The first-order valence-electron chi connectivity index (χ1n) is 9.28. The zero-order valence-corrected chi connectivity index (χ0v) is 16.9. The van der Waals surface area contributed by atoms with Crippen molar-refractivity contribution < 1.29 is 18.7 Å². The number of ether oxygens (including phenoxy) is 2. The van der Waals surface area contributed by atoms with Gasteiger partial charge in [0, 0.05) is 5.56 Å². The van der Waals surface area contributed by atoms with E-state index in [-0.39, 0.29) is 11.8 Å². The molecule has 0 aliphatic carbocycles. The summed E-state index contributed by atoms with van der Waals surface area (Å²) in [5.74, 6) is -0.206. The summed E-state index contributed by atoms with van der Waals surface area (Å²) in [6.07, 6.45) is 1.62. The number of carbonyl (C=O) groups is 1. The molecule has 0 aliphatic rings. The highest BCUT2D eigenvalue weighted by molar-refractivity contribution is 5.97. The molecule has 0 atom stereocenters.